The summed E-state index contributed by atoms with van der Waals surface area (Å²) < 4.78 is 1.90. The number of nitrogens with one attached hydrogen (secondary N) is 1. The van der Waals surface area contributed by atoms with Gasteiger partial charge in [-0.25, -0.2) is 9.97 Å². The average molecular weight is 327 g/mol. The Labute approximate surface area is 139 Å². The molecule has 120 valence electrons. The molecule has 1 atom stereocenters. The van der Waals surface area contributed by atoms with E-state index in [-0.39, 0.29) is 0 Å². The molecule has 0 bridgehead atoms. The molecule has 0 fully saturated rings. The molecule has 0 saturated heterocycles. The van der Waals surface area contributed by atoms with E-state index in [2.05, 4.69) is 34.2 Å². The number of anilines is 2. The molecule has 0 aliphatic heterocycles. The molecule has 0 aromatic carbocycles. The summed E-state index contributed by atoms with van der Waals surface area (Å²) >= 11 is 1.83. The lowest BCUT2D eigenvalue weighted by atomic mass is 9.89. The summed E-state index contributed by atoms with van der Waals surface area (Å²) in [5.74, 6) is 1.68. The van der Waals surface area contributed by atoms with Gasteiger partial charge in [-0.1, -0.05) is 6.92 Å². The quantitative estimate of drug-likeness (QED) is 0.775. The Hall–Kier alpha value is -1.95. The van der Waals surface area contributed by atoms with Gasteiger partial charge in [0.15, 0.2) is 0 Å². The summed E-state index contributed by atoms with van der Waals surface area (Å²) in [7, 11) is 1.97. The zero-order valence-corrected chi connectivity index (χ0v) is 14.8. The van der Waals surface area contributed by atoms with Crippen molar-refractivity contribution in [3.8, 4) is 0 Å². The van der Waals surface area contributed by atoms with Crippen LogP contribution in [0.4, 0.5) is 11.5 Å². The predicted molar refractivity (Wildman–Crippen MR) is 94.6 cm³/mol. The molecule has 6 heteroatoms. The minimum absolute atomic E-state index is 0.766. The molecule has 5 nitrogen and oxygen atoms in total. The highest BCUT2D eigenvalue weighted by Crippen LogP contribution is 2.40. The van der Waals surface area contributed by atoms with Crippen LogP contribution in [-0.2, 0) is 19.9 Å². The van der Waals surface area contributed by atoms with Gasteiger partial charge in [0.1, 0.15) is 17.0 Å². The lowest BCUT2D eigenvalue weighted by molar-refractivity contribution is 0.509. The van der Waals surface area contributed by atoms with Crippen molar-refractivity contribution in [2.45, 2.75) is 40.0 Å². The van der Waals surface area contributed by atoms with Crippen LogP contribution in [0.1, 0.15) is 35.2 Å². The number of nitrogens with zero attached hydrogens (tertiary/aromatic N) is 4. The van der Waals surface area contributed by atoms with Gasteiger partial charge in [-0.05, 0) is 44.6 Å². The maximum Gasteiger partial charge on any atom is 0.142 e. The number of thiophene rings is 1. The van der Waals surface area contributed by atoms with Gasteiger partial charge >= 0.3 is 0 Å². The molecule has 0 spiro atoms. The molecule has 0 amide bonds. The second-order valence-electron chi connectivity index (χ2n) is 6.55. The summed E-state index contributed by atoms with van der Waals surface area (Å²) in [6.45, 7) is 6.44. The average Bonchev–Trinajstić information content (AvgIpc) is 2.99. The molecule has 3 heterocycles. The SMILES string of the molecule is Cc1nn(C)c(C)c1Nc1ncnc2sc3c(c12)CC[C@@H](C)C3. The molecule has 0 saturated carbocycles. The Morgan fingerprint density at radius 1 is 1.30 bits per heavy atom. The number of hydrogen-bond donors (Lipinski definition) is 1. The van der Waals surface area contributed by atoms with Crippen LogP contribution >= 0.6 is 11.3 Å². The monoisotopic (exact) mass is 327 g/mol. The standard InChI is InChI=1S/C17H21N5S/c1-9-5-6-12-13(7-9)23-17-14(12)16(18-8-19-17)20-15-10(2)21-22(4)11(15)3/h8-9H,5-7H2,1-4H3,(H,18,19,20)/t9-/m1/s1. The van der Waals surface area contributed by atoms with E-state index in [0.29, 0.717) is 0 Å². The van der Waals surface area contributed by atoms with Crippen molar-refractivity contribution in [2.75, 3.05) is 5.32 Å². The number of aryl methyl sites for hydroxylation is 3. The van der Waals surface area contributed by atoms with Crippen LogP contribution in [0.3, 0.4) is 0 Å². The summed E-state index contributed by atoms with van der Waals surface area (Å²) in [5.41, 5.74) is 4.61. The van der Waals surface area contributed by atoms with E-state index in [1.165, 1.54) is 28.7 Å². The van der Waals surface area contributed by atoms with Crippen LogP contribution in [0.5, 0.6) is 0 Å². The normalized spacial score (nSPS) is 17.5. The largest absolute Gasteiger partial charge is 0.337 e. The van der Waals surface area contributed by atoms with Crippen LogP contribution < -0.4 is 5.32 Å². The van der Waals surface area contributed by atoms with Gasteiger partial charge in [-0.3, -0.25) is 4.68 Å². The number of fused-ring (bicyclic) bond motifs is 3. The highest BCUT2D eigenvalue weighted by Gasteiger charge is 2.23. The third-order valence-electron chi connectivity index (χ3n) is 4.84. The third-order valence-corrected chi connectivity index (χ3v) is 6.01. The van der Waals surface area contributed by atoms with Gasteiger partial charge in [0.2, 0.25) is 0 Å². The molecule has 1 N–H and O–H groups in total. The molecular formula is C17H21N5S. The molecule has 3 aromatic heterocycles. The number of hydrogen-bond acceptors (Lipinski definition) is 5. The Balaban J connectivity index is 1.84. The third kappa shape index (κ3) is 2.32. The number of aromatic nitrogens is 4. The first-order chi connectivity index (χ1) is 11.0. The van der Waals surface area contributed by atoms with Crippen molar-refractivity contribution in [1.29, 1.82) is 0 Å². The molecule has 0 radical (unpaired) electrons. The highest BCUT2D eigenvalue weighted by molar-refractivity contribution is 7.19. The molecular weight excluding hydrogens is 306 g/mol. The van der Waals surface area contributed by atoms with Crippen LogP contribution in [0.15, 0.2) is 6.33 Å². The van der Waals surface area contributed by atoms with Crippen LogP contribution in [0, 0.1) is 19.8 Å². The van der Waals surface area contributed by atoms with E-state index in [4.69, 9.17) is 0 Å². The van der Waals surface area contributed by atoms with E-state index in [9.17, 15) is 0 Å². The summed E-state index contributed by atoms with van der Waals surface area (Å²) in [6.07, 6.45) is 5.21. The van der Waals surface area contributed by atoms with Gasteiger partial charge in [0.25, 0.3) is 0 Å². The lowest BCUT2D eigenvalue weighted by Gasteiger charge is -2.18. The molecule has 3 aromatic rings. The molecule has 0 unspecified atom stereocenters. The van der Waals surface area contributed by atoms with Crippen molar-refractivity contribution in [3.05, 3.63) is 28.2 Å². The Morgan fingerprint density at radius 3 is 2.87 bits per heavy atom. The first-order valence-corrected chi connectivity index (χ1v) is 8.88. The minimum Gasteiger partial charge on any atom is -0.337 e. The Bertz CT molecular complexity index is 892. The fourth-order valence-corrected chi connectivity index (χ4v) is 4.79. The van der Waals surface area contributed by atoms with Crippen molar-refractivity contribution < 1.29 is 0 Å². The van der Waals surface area contributed by atoms with Crippen LogP contribution in [0.25, 0.3) is 10.2 Å². The molecule has 4 rings (SSSR count). The lowest BCUT2D eigenvalue weighted by Crippen LogP contribution is -2.09. The van der Waals surface area contributed by atoms with E-state index in [1.807, 2.05) is 30.0 Å². The fourth-order valence-electron chi connectivity index (χ4n) is 3.44. The van der Waals surface area contributed by atoms with E-state index in [0.717, 1.165) is 40.1 Å². The maximum atomic E-state index is 4.54. The van der Waals surface area contributed by atoms with Crippen LogP contribution in [0.2, 0.25) is 0 Å². The first kappa shape index (κ1) is 14.6. The topological polar surface area (TPSA) is 55.6 Å². The zero-order valence-electron chi connectivity index (χ0n) is 14.0. The van der Waals surface area contributed by atoms with E-state index in [1.54, 1.807) is 6.33 Å². The van der Waals surface area contributed by atoms with Gasteiger partial charge < -0.3 is 5.32 Å². The second-order valence-corrected chi connectivity index (χ2v) is 7.63. The van der Waals surface area contributed by atoms with E-state index < -0.39 is 0 Å². The smallest absolute Gasteiger partial charge is 0.142 e. The molecule has 23 heavy (non-hydrogen) atoms. The van der Waals surface area contributed by atoms with Crippen molar-refractivity contribution in [1.82, 2.24) is 19.7 Å². The minimum atomic E-state index is 0.766. The maximum absolute atomic E-state index is 4.54. The molecule has 1 aliphatic rings. The Kier molecular flexibility index (Phi) is 3.37. The van der Waals surface area contributed by atoms with E-state index >= 15 is 0 Å². The number of rotatable bonds is 2. The van der Waals surface area contributed by atoms with Gasteiger partial charge in [0, 0.05) is 11.9 Å². The first-order valence-electron chi connectivity index (χ1n) is 8.07. The second kappa shape index (κ2) is 5.30. The van der Waals surface area contributed by atoms with Crippen molar-refractivity contribution in [2.24, 2.45) is 13.0 Å². The van der Waals surface area contributed by atoms with Crippen LogP contribution in [-0.4, -0.2) is 19.7 Å². The summed E-state index contributed by atoms with van der Waals surface area (Å²) in [5, 5.41) is 9.22. The zero-order chi connectivity index (χ0) is 16.1. The summed E-state index contributed by atoms with van der Waals surface area (Å²) in [6, 6.07) is 0. The predicted octanol–water partition coefficient (Wildman–Crippen LogP) is 3.91. The highest BCUT2D eigenvalue weighted by atomic mass is 32.1. The molecule has 1 aliphatic carbocycles. The van der Waals surface area contributed by atoms with Crippen molar-refractivity contribution in [3.63, 3.8) is 0 Å². The van der Waals surface area contributed by atoms with Gasteiger partial charge in [-0.15, -0.1) is 11.3 Å². The fraction of sp³-hybridized carbons (Fsp3) is 0.471. The van der Waals surface area contributed by atoms with Gasteiger partial charge in [0.05, 0.1) is 22.5 Å². The van der Waals surface area contributed by atoms with Gasteiger partial charge in [-0.2, -0.15) is 5.10 Å². The van der Waals surface area contributed by atoms with Crippen molar-refractivity contribution >= 4 is 33.1 Å². The Morgan fingerprint density at radius 2 is 2.13 bits per heavy atom. The summed E-state index contributed by atoms with van der Waals surface area (Å²) in [4.78, 5) is 11.6.